The lowest BCUT2D eigenvalue weighted by Crippen LogP contribution is -2.54. The molecule has 4 aromatic rings. The average Bonchev–Trinajstić information content (AvgIpc) is 3.59. The van der Waals surface area contributed by atoms with Crippen LogP contribution in [0.5, 0.6) is 5.75 Å². The third kappa shape index (κ3) is 8.61. The Morgan fingerprint density at radius 1 is 0.894 bits per heavy atom. The predicted octanol–water partition coefficient (Wildman–Crippen LogP) is 6.66. The number of carbonyl (C=O) groups is 2. The minimum Gasteiger partial charge on any atom is -0.496 e. The molecular weight excluding hydrogens is 678 g/mol. The molecule has 0 saturated heterocycles. The fourth-order valence-corrected chi connectivity index (χ4v) is 8.01. The van der Waals surface area contributed by atoms with Crippen molar-refractivity contribution in [3.05, 3.63) is 124 Å². The lowest BCUT2D eigenvalue weighted by atomic mass is 10.0. The van der Waals surface area contributed by atoms with E-state index in [9.17, 15) is 18.0 Å². The Labute approximate surface area is 285 Å². The van der Waals surface area contributed by atoms with Gasteiger partial charge >= 0.3 is 0 Å². The minimum absolute atomic E-state index is 0.00651. The number of nitrogens with zero attached hydrogens (tertiary/aromatic N) is 2. The number of hydrogen-bond acceptors (Lipinski definition) is 5. The second-order valence-corrected chi connectivity index (χ2v) is 14.6. The van der Waals surface area contributed by atoms with E-state index in [1.165, 1.54) is 24.1 Å². The van der Waals surface area contributed by atoms with Crippen molar-refractivity contribution in [2.45, 2.75) is 62.6 Å². The maximum atomic E-state index is 14.6. The zero-order valence-corrected chi connectivity index (χ0v) is 29.0. The smallest absolute Gasteiger partial charge is 0.264 e. The summed E-state index contributed by atoms with van der Waals surface area (Å²) in [6.07, 6.45) is 4.17. The third-order valence-corrected chi connectivity index (χ3v) is 10.9. The SMILES string of the molecule is COc1ccc(S(=O)(=O)N(CC(=O)N(Cc2ccccc2)C(Cc2ccccc2)C(=O)NC2CCCC2)c2ccc(C)cc2)cc1Br. The van der Waals surface area contributed by atoms with Crippen molar-refractivity contribution in [3.63, 3.8) is 0 Å². The van der Waals surface area contributed by atoms with E-state index in [0.717, 1.165) is 46.7 Å². The number of anilines is 1. The van der Waals surface area contributed by atoms with Crippen molar-refractivity contribution in [1.82, 2.24) is 10.2 Å². The summed E-state index contributed by atoms with van der Waals surface area (Å²) in [5, 5.41) is 3.20. The Morgan fingerprint density at radius 3 is 2.11 bits per heavy atom. The normalized spacial score (nSPS) is 13.9. The molecule has 8 nitrogen and oxygen atoms in total. The molecule has 0 bridgehead atoms. The number of amides is 2. The second kappa shape index (κ2) is 15.6. The van der Waals surface area contributed by atoms with E-state index in [1.807, 2.05) is 67.6 Å². The van der Waals surface area contributed by atoms with Gasteiger partial charge in [-0.05, 0) is 77.2 Å². The Morgan fingerprint density at radius 2 is 1.51 bits per heavy atom. The maximum Gasteiger partial charge on any atom is 0.264 e. The largest absolute Gasteiger partial charge is 0.496 e. The first-order chi connectivity index (χ1) is 22.7. The van der Waals surface area contributed by atoms with Gasteiger partial charge in [0.2, 0.25) is 11.8 Å². The number of benzene rings is 4. The van der Waals surface area contributed by atoms with Crippen LogP contribution >= 0.6 is 15.9 Å². The molecule has 2 amide bonds. The maximum absolute atomic E-state index is 14.6. The first kappa shape index (κ1) is 34.2. The van der Waals surface area contributed by atoms with Gasteiger partial charge in [-0.3, -0.25) is 13.9 Å². The number of rotatable bonds is 13. The Hall–Kier alpha value is -4.15. The van der Waals surface area contributed by atoms with Crippen LogP contribution in [-0.2, 0) is 32.6 Å². The molecule has 0 radical (unpaired) electrons. The molecule has 1 saturated carbocycles. The molecule has 0 spiro atoms. The molecule has 5 rings (SSSR count). The first-order valence-corrected chi connectivity index (χ1v) is 18.0. The van der Waals surface area contributed by atoms with Gasteiger partial charge in [0, 0.05) is 19.0 Å². The number of methoxy groups -OCH3 is 1. The Kier molecular flexibility index (Phi) is 11.4. The van der Waals surface area contributed by atoms with Crippen LogP contribution in [0, 0.1) is 6.92 Å². The molecule has 246 valence electrons. The Bertz CT molecular complexity index is 1760. The van der Waals surface area contributed by atoms with E-state index >= 15 is 0 Å². The van der Waals surface area contributed by atoms with Gasteiger partial charge in [0.15, 0.2) is 0 Å². The van der Waals surface area contributed by atoms with Gasteiger partial charge in [0.25, 0.3) is 10.0 Å². The number of hydrogen-bond donors (Lipinski definition) is 1. The van der Waals surface area contributed by atoms with Gasteiger partial charge in [-0.2, -0.15) is 0 Å². The molecule has 0 aliphatic heterocycles. The molecule has 47 heavy (non-hydrogen) atoms. The van der Waals surface area contributed by atoms with Crippen molar-refractivity contribution in [2.75, 3.05) is 18.0 Å². The molecule has 10 heteroatoms. The fourth-order valence-electron chi connectivity index (χ4n) is 5.88. The van der Waals surface area contributed by atoms with E-state index in [-0.39, 0.29) is 29.8 Å². The van der Waals surface area contributed by atoms with Gasteiger partial charge < -0.3 is 15.0 Å². The molecular formula is C37H40BrN3O5S. The zero-order chi connectivity index (χ0) is 33.4. The molecule has 1 unspecified atom stereocenters. The topological polar surface area (TPSA) is 96.0 Å². The molecule has 1 fully saturated rings. The highest BCUT2D eigenvalue weighted by molar-refractivity contribution is 9.10. The van der Waals surface area contributed by atoms with Crippen molar-refractivity contribution in [3.8, 4) is 5.75 Å². The van der Waals surface area contributed by atoms with E-state index < -0.39 is 28.5 Å². The summed E-state index contributed by atoms with van der Waals surface area (Å²) in [6.45, 7) is 1.53. The van der Waals surface area contributed by atoms with Crippen LogP contribution < -0.4 is 14.4 Å². The average molecular weight is 719 g/mol. The lowest BCUT2D eigenvalue weighted by Gasteiger charge is -2.34. The highest BCUT2D eigenvalue weighted by Gasteiger charge is 2.35. The van der Waals surface area contributed by atoms with Crippen molar-refractivity contribution in [2.24, 2.45) is 0 Å². The second-order valence-electron chi connectivity index (χ2n) is 11.8. The zero-order valence-electron chi connectivity index (χ0n) is 26.6. The van der Waals surface area contributed by atoms with Gasteiger partial charge in [0.05, 0.1) is 22.2 Å². The van der Waals surface area contributed by atoms with Crippen molar-refractivity contribution >= 4 is 43.5 Å². The van der Waals surface area contributed by atoms with Crippen molar-refractivity contribution in [1.29, 1.82) is 0 Å². The summed E-state index contributed by atoms with van der Waals surface area (Å²) in [7, 11) is -2.74. The monoisotopic (exact) mass is 717 g/mol. The summed E-state index contributed by atoms with van der Waals surface area (Å²) in [6, 6.07) is 29.7. The molecule has 1 aliphatic carbocycles. The molecule has 0 aromatic heterocycles. The Balaban J connectivity index is 1.56. The van der Waals surface area contributed by atoms with Crippen LogP contribution in [0.15, 0.2) is 112 Å². The van der Waals surface area contributed by atoms with E-state index in [2.05, 4.69) is 21.2 Å². The predicted molar refractivity (Wildman–Crippen MR) is 188 cm³/mol. The molecule has 1 N–H and O–H groups in total. The summed E-state index contributed by atoms with van der Waals surface area (Å²) in [5.74, 6) is -0.255. The van der Waals surface area contributed by atoms with Gasteiger partial charge in [0.1, 0.15) is 18.3 Å². The van der Waals surface area contributed by atoms with E-state index in [1.54, 1.807) is 30.3 Å². The number of ether oxygens (including phenoxy) is 1. The number of sulfonamides is 1. The number of halogens is 1. The highest BCUT2D eigenvalue weighted by atomic mass is 79.9. The van der Waals surface area contributed by atoms with Gasteiger partial charge in [-0.25, -0.2) is 8.42 Å². The standard InChI is InChI=1S/C37H40BrN3O5S/c1-27-17-19-31(20-18-27)41(47(44,45)32-21-22-35(46-2)33(38)24-32)26-36(42)40(25-29-13-7-4-8-14-29)34(23-28-11-5-3-6-12-28)37(43)39-30-15-9-10-16-30/h3-8,11-14,17-22,24,30,34H,9-10,15-16,23,25-26H2,1-2H3,(H,39,43). The number of aryl methyl sites for hydroxylation is 1. The van der Waals surface area contributed by atoms with Gasteiger partial charge in [-0.15, -0.1) is 0 Å². The summed E-state index contributed by atoms with van der Waals surface area (Å²) < 4.78 is 35.6. The molecule has 1 aliphatic rings. The van der Waals surface area contributed by atoms with E-state index in [0.29, 0.717) is 15.9 Å². The quantitative estimate of drug-likeness (QED) is 0.167. The number of carbonyl (C=O) groups excluding carboxylic acids is 2. The van der Waals surface area contributed by atoms with Crippen LogP contribution in [0.1, 0.15) is 42.4 Å². The molecule has 0 heterocycles. The van der Waals surface area contributed by atoms with Crippen LogP contribution in [0.25, 0.3) is 0 Å². The molecule has 1 atom stereocenters. The summed E-state index contributed by atoms with van der Waals surface area (Å²) in [5.41, 5.74) is 3.01. The summed E-state index contributed by atoms with van der Waals surface area (Å²) in [4.78, 5) is 30.3. The lowest BCUT2D eigenvalue weighted by molar-refractivity contribution is -0.140. The third-order valence-electron chi connectivity index (χ3n) is 8.48. The van der Waals surface area contributed by atoms with Crippen LogP contribution in [0.4, 0.5) is 5.69 Å². The van der Waals surface area contributed by atoms with Crippen molar-refractivity contribution < 1.29 is 22.7 Å². The van der Waals surface area contributed by atoms with Crippen LogP contribution in [-0.4, -0.2) is 50.9 Å². The van der Waals surface area contributed by atoms with E-state index in [4.69, 9.17) is 4.74 Å². The van der Waals surface area contributed by atoms with Gasteiger partial charge in [-0.1, -0.05) is 91.2 Å². The number of nitrogens with one attached hydrogen (secondary N) is 1. The van der Waals surface area contributed by atoms with Crippen LogP contribution in [0.2, 0.25) is 0 Å². The highest BCUT2D eigenvalue weighted by Crippen LogP contribution is 2.31. The minimum atomic E-state index is -4.24. The van der Waals surface area contributed by atoms with Crippen LogP contribution in [0.3, 0.4) is 0 Å². The summed E-state index contributed by atoms with van der Waals surface area (Å²) >= 11 is 3.40. The fraction of sp³-hybridized carbons (Fsp3) is 0.297. The molecule has 4 aromatic carbocycles. The first-order valence-electron chi connectivity index (χ1n) is 15.8.